The molecule has 0 heterocycles. The van der Waals surface area contributed by atoms with Crippen molar-refractivity contribution in [2.75, 3.05) is 19.4 Å². The van der Waals surface area contributed by atoms with E-state index in [1.54, 1.807) is 6.07 Å². The van der Waals surface area contributed by atoms with Gasteiger partial charge in [-0.15, -0.1) is 0 Å². The molecule has 0 atom stereocenters. The standard InChI is InChI=1S/C13H18N2O3/c1-3-4-7-15-12(16)9-5-6-10(11(14)8-9)13(17)18-2/h5-6,8H,3-4,7,14H2,1-2H3,(H,15,16). The van der Waals surface area contributed by atoms with Gasteiger partial charge in [0.25, 0.3) is 5.91 Å². The Balaban J connectivity index is 2.77. The number of carbonyl (C=O) groups excluding carboxylic acids is 2. The Morgan fingerprint density at radius 2 is 2.11 bits per heavy atom. The highest BCUT2D eigenvalue weighted by molar-refractivity contribution is 5.99. The van der Waals surface area contributed by atoms with E-state index >= 15 is 0 Å². The van der Waals surface area contributed by atoms with E-state index in [9.17, 15) is 9.59 Å². The molecule has 1 rings (SSSR count). The molecule has 0 aliphatic heterocycles. The normalized spacial score (nSPS) is 9.89. The Morgan fingerprint density at radius 3 is 2.67 bits per heavy atom. The first-order valence-electron chi connectivity index (χ1n) is 5.86. The summed E-state index contributed by atoms with van der Waals surface area (Å²) in [5.41, 5.74) is 6.66. The van der Waals surface area contributed by atoms with Crippen LogP contribution in [0.1, 0.15) is 40.5 Å². The van der Waals surface area contributed by atoms with E-state index in [2.05, 4.69) is 17.0 Å². The van der Waals surface area contributed by atoms with Crippen molar-refractivity contribution in [3.05, 3.63) is 29.3 Å². The molecule has 0 spiro atoms. The number of methoxy groups -OCH3 is 1. The van der Waals surface area contributed by atoms with Crippen molar-refractivity contribution in [3.63, 3.8) is 0 Å². The predicted molar refractivity (Wildman–Crippen MR) is 69.4 cm³/mol. The molecular weight excluding hydrogens is 232 g/mol. The molecule has 0 aromatic heterocycles. The number of carbonyl (C=O) groups is 2. The molecule has 0 fully saturated rings. The lowest BCUT2D eigenvalue weighted by Crippen LogP contribution is -2.24. The highest BCUT2D eigenvalue weighted by Gasteiger charge is 2.12. The van der Waals surface area contributed by atoms with Crippen molar-refractivity contribution < 1.29 is 14.3 Å². The number of esters is 1. The molecule has 0 unspecified atom stereocenters. The van der Waals surface area contributed by atoms with Gasteiger partial charge in [0.15, 0.2) is 0 Å². The van der Waals surface area contributed by atoms with Gasteiger partial charge >= 0.3 is 5.97 Å². The third-order valence-electron chi connectivity index (χ3n) is 2.53. The van der Waals surface area contributed by atoms with Gasteiger partial charge in [-0.05, 0) is 24.6 Å². The largest absolute Gasteiger partial charge is 0.465 e. The average Bonchev–Trinajstić information content (AvgIpc) is 2.38. The topological polar surface area (TPSA) is 81.4 Å². The van der Waals surface area contributed by atoms with Crippen molar-refractivity contribution >= 4 is 17.6 Å². The second-order valence-electron chi connectivity index (χ2n) is 3.90. The Kier molecular flexibility index (Phi) is 5.17. The van der Waals surface area contributed by atoms with Gasteiger partial charge in [0.2, 0.25) is 0 Å². The highest BCUT2D eigenvalue weighted by Crippen LogP contribution is 2.15. The molecule has 5 nitrogen and oxygen atoms in total. The molecule has 3 N–H and O–H groups in total. The van der Waals surface area contributed by atoms with Crippen molar-refractivity contribution in [3.8, 4) is 0 Å². The molecule has 0 saturated carbocycles. The number of unbranched alkanes of at least 4 members (excludes halogenated alkanes) is 1. The average molecular weight is 250 g/mol. The van der Waals surface area contributed by atoms with Gasteiger partial charge in [0.05, 0.1) is 12.7 Å². The van der Waals surface area contributed by atoms with Crippen LogP contribution in [0.25, 0.3) is 0 Å². The van der Waals surface area contributed by atoms with Crippen LogP contribution in [0.2, 0.25) is 0 Å². The third-order valence-corrected chi connectivity index (χ3v) is 2.53. The van der Waals surface area contributed by atoms with Crippen LogP contribution in [0.15, 0.2) is 18.2 Å². The smallest absolute Gasteiger partial charge is 0.339 e. The minimum absolute atomic E-state index is 0.188. The predicted octanol–water partition coefficient (Wildman–Crippen LogP) is 1.59. The van der Waals surface area contributed by atoms with Gasteiger partial charge in [-0.25, -0.2) is 4.79 Å². The Hall–Kier alpha value is -2.04. The van der Waals surface area contributed by atoms with Crippen LogP contribution in [0.3, 0.4) is 0 Å². The van der Waals surface area contributed by atoms with Crippen LogP contribution in [-0.2, 0) is 4.74 Å². The number of nitrogen functional groups attached to an aromatic ring is 1. The summed E-state index contributed by atoms with van der Waals surface area (Å²) in [6.45, 7) is 2.68. The lowest BCUT2D eigenvalue weighted by molar-refractivity contribution is 0.0601. The zero-order valence-corrected chi connectivity index (χ0v) is 10.7. The van der Waals surface area contributed by atoms with Gasteiger partial charge in [-0.2, -0.15) is 0 Å². The molecule has 0 saturated heterocycles. The maximum Gasteiger partial charge on any atom is 0.339 e. The number of hydrogen-bond acceptors (Lipinski definition) is 4. The van der Waals surface area contributed by atoms with Crippen molar-refractivity contribution in [2.24, 2.45) is 0 Å². The first kappa shape index (κ1) is 14.0. The fraction of sp³-hybridized carbons (Fsp3) is 0.385. The van der Waals surface area contributed by atoms with Crippen LogP contribution in [0, 0.1) is 0 Å². The Morgan fingerprint density at radius 1 is 1.39 bits per heavy atom. The van der Waals surface area contributed by atoms with Gasteiger partial charge in [-0.3, -0.25) is 4.79 Å². The quantitative estimate of drug-likeness (QED) is 0.472. The summed E-state index contributed by atoms with van der Waals surface area (Å²) in [4.78, 5) is 23.1. The van der Waals surface area contributed by atoms with E-state index in [4.69, 9.17) is 5.73 Å². The minimum atomic E-state index is -0.509. The van der Waals surface area contributed by atoms with Gasteiger partial charge < -0.3 is 15.8 Å². The van der Waals surface area contributed by atoms with Crippen molar-refractivity contribution in [2.45, 2.75) is 19.8 Å². The minimum Gasteiger partial charge on any atom is -0.465 e. The van der Waals surface area contributed by atoms with Gasteiger partial charge in [0, 0.05) is 17.8 Å². The van der Waals surface area contributed by atoms with Crippen LogP contribution >= 0.6 is 0 Å². The highest BCUT2D eigenvalue weighted by atomic mass is 16.5. The van der Waals surface area contributed by atoms with Crippen LogP contribution < -0.4 is 11.1 Å². The SMILES string of the molecule is CCCCNC(=O)c1ccc(C(=O)OC)c(N)c1. The Labute approximate surface area is 106 Å². The van der Waals surface area contributed by atoms with E-state index in [1.807, 2.05) is 0 Å². The molecule has 1 amide bonds. The van der Waals surface area contributed by atoms with E-state index in [0.29, 0.717) is 12.1 Å². The van der Waals surface area contributed by atoms with Crippen molar-refractivity contribution in [1.82, 2.24) is 5.32 Å². The maximum absolute atomic E-state index is 11.7. The number of nitrogens with two attached hydrogens (primary N) is 1. The fourth-order valence-electron chi connectivity index (χ4n) is 1.48. The summed E-state index contributed by atoms with van der Waals surface area (Å²) in [6.07, 6.45) is 1.95. The molecule has 1 aromatic carbocycles. The lowest BCUT2D eigenvalue weighted by Gasteiger charge is -2.07. The van der Waals surface area contributed by atoms with Crippen LogP contribution in [0.5, 0.6) is 0 Å². The summed E-state index contributed by atoms with van der Waals surface area (Å²) in [6, 6.07) is 4.54. The second kappa shape index (κ2) is 6.64. The number of benzene rings is 1. The van der Waals surface area contributed by atoms with Crippen LogP contribution in [-0.4, -0.2) is 25.5 Å². The van der Waals surface area contributed by atoms with Gasteiger partial charge in [-0.1, -0.05) is 13.3 Å². The molecule has 0 aliphatic rings. The number of hydrogen-bond donors (Lipinski definition) is 2. The number of ether oxygens (including phenoxy) is 1. The molecule has 0 bridgehead atoms. The second-order valence-corrected chi connectivity index (χ2v) is 3.90. The van der Waals surface area contributed by atoms with Gasteiger partial charge in [0.1, 0.15) is 0 Å². The monoisotopic (exact) mass is 250 g/mol. The number of rotatable bonds is 5. The molecule has 5 heteroatoms. The summed E-state index contributed by atoms with van der Waals surface area (Å²) < 4.78 is 4.58. The molecule has 98 valence electrons. The summed E-state index contributed by atoms with van der Waals surface area (Å²) in [7, 11) is 1.28. The van der Waals surface area contributed by atoms with Crippen LogP contribution in [0.4, 0.5) is 5.69 Å². The summed E-state index contributed by atoms with van der Waals surface area (Å²) in [5, 5.41) is 2.78. The van der Waals surface area contributed by atoms with E-state index in [1.165, 1.54) is 19.2 Å². The van der Waals surface area contributed by atoms with E-state index in [0.717, 1.165) is 12.8 Å². The molecule has 1 aromatic rings. The number of anilines is 1. The maximum atomic E-state index is 11.7. The van der Waals surface area contributed by atoms with E-state index in [-0.39, 0.29) is 17.2 Å². The summed E-state index contributed by atoms with van der Waals surface area (Å²) in [5.74, 6) is -0.697. The third kappa shape index (κ3) is 3.48. The molecule has 0 aliphatic carbocycles. The summed E-state index contributed by atoms with van der Waals surface area (Å²) >= 11 is 0. The zero-order chi connectivity index (χ0) is 13.5. The first-order chi connectivity index (χ1) is 8.60. The number of nitrogens with one attached hydrogen (secondary N) is 1. The zero-order valence-electron chi connectivity index (χ0n) is 10.7. The first-order valence-corrected chi connectivity index (χ1v) is 5.86. The number of amides is 1. The molecular formula is C13H18N2O3. The molecule has 18 heavy (non-hydrogen) atoms. The Bertz CT molecular complexity index is 444. The lowest BCUT2D eigenvalue weighted by atomic mass is 10.1. The van der Waals surface area contributed by atoms with Crippen molar-refractivity contribution in [1.29, 1.82) is 0 Å². The molecule has 0 radical (unpaired) electrons. The fourth-order valence-corrected chi connectivity index (χ4v) is 1.48. The van der Waals surface area contributed by atoms with E-state index < -0.39 is 5.97 Å².